The van der Waals surface area contributed by atoms with Crippen LogP contribution in [0, 0.1) is 0 Å². The predicted octanol–water partition coefficient (Wildman–Crippen LogP) is 3.92. The molecular weight excluding hydrogens is 328 g/mol. The van der Waals surface area contributed by atoms with Crippen molar-refractivity contribution in [1.29, 1.82) is 0 Å². The molecule has 1 N–H and O–H groups in total. The molecule has 5 nitrogen and oxygen atoms in total. The summed E-state index contributed by atoms with van der Waals surface area (Å²) in [6.45, 7) is 3.64. The Morgan fingerprint density at radius 2 is 1.81 bits per heavy atom. The number of carbonyl (C=O) groups is 2. The van der Waals surface area contributed by atoms with Gasteiger partial charge in [-0.2, -0.15) is 0 Å². The van der Waals surface area contributed by atoms with Crippen molar-refractivity contribution in [2.24, 2.45) is 7.05 Å². The van der Waals surface area contributed by atoms with Gasteiger partial charge in [0, 0.05) is 29.8 Å². The smallest absolute Gasteiger partial charge is 0.341 e. The molecule has 1 unspecified atom stereocenters. The molecule has 0 spiro atoms. The van der Waals surface area contributed by atoms with E-state index in [1.165, 1.54) is 5.56 Å². The topological polar surface area (TPSA) is 60.3 Å². The summed E-state index contributed by atoms with van der Waals surface area (Å²) in [5.41, 5.74) is 3.27. The SMILES string of the molecule is CCc1ccc(NC(=O)C(C)OC(=O)c2cn(C)c3ccccc23)cc1. The highest BCUT2D eigenvalue weighted by Gasteiger charge is 2.21. The second kappa shape index (κ2) is 7.44. The minimum atomic E-state index is -0.896. The summed E-state index contributed by atoms with van der Waals surface area (Å²) in [6, 6.07) is 15.2. The lowest BCUT2D eigenvalue weighted by Crippen LogP contribution is -2.29. The van der Waals surface area contributed by atoms with E-state index in [2.05, 4.69) is 12.2 Å². The van der Waals surface area contributed by atoms with E-state index in [1.54, 1.807) is 13.1 Å². The third-order valence-electron chi connectivity index (χ3n) is 4.40. The second-order valence-corrected chi connectivity index (χ2v) is 6.26. The van der Waals surface area contributed by atoms with Crippen molar-refractivity contribution >= 4 is 28.5 Å². The van der Waals surface area contributed by atoms with Crippen molar-refractivity contribution in [1.82, 2.24) is 4.57 Å². The number of amides is 1. The molecular formula is C21H22N2O3. The number of nitrogens with zero attached hydrogens (tertiary/aromatic N) is 1. The number of anilines is 1. The number of ether oxygens (including phenoxy) is 1. The zero-order valence-electron chi connectivity index (χ0n) is 15.2. The van der Waals surface area contributed by atoms with Crippen molar-refractivity contribution in [2.45, 2.75) is 26.4 Å². The van der Waals surface area contributed by atoms with Gasteiger partial charge in [0.2, 0.25) is 0 Å². The van der Waals surface area contributed by atoms with Crippen molar-refractivity contribution in [3.63, 3.8) is 0 Å². The Morgan fingerprint density at radius 1 is 1.12 bits per heavy atom. The molecule has 0 bridgehead atoms. The number of nitrogens with one attached hydrogen (secondary N) is 1. The lowest BCUT2D eigenvalue weighted by Gasteiger charge is -2.13. The molecule has 2 aromatic carbocycles. The minimum absolute atomic E-state index is 0.358. The first-order valence-corrected chi connectivity index (χ1v) is 8.64. The van der Waals surface area contributed by atoms with Crippen LogP contribution in [-0.4, -0.2) is 22.5 Å². The van der Waals surface area contributed by atoms with E-state index >= 15 is 0 Å². The van der Waals surface area contributed by atoms with Crippen molar-refractivity contribution < 1.29 is 14.3 Å². The van der Waals surface area contributed by atoms with E-state index < -0.39 is 12.1 Å². The van der Waals surface area contributed by atoms with Gasteiger partial charge < -0.3 is 14.6 Å². The quantitative estimate of drug-likeness (QED) is 0.710. The van der Waals surface area contributed by atoms with Crippen LogP contribution < -0.4 is 5.32 Å². The molecule has 26 heavy (non-hydrogen) atoms. The van der Waals surface area contributed by atoms with Crippen LogP contribution in [0.15, 0.2) is 54.7 Å². The monoisotopic (exact) mass is 350 g/mol. The summed E-state index contributed by atoms with van der Waals surface area (Å²) in [5.74, 6) is -0.867. The number of benzene rings is 2. The van der Waals surface area contributed by atoms with Gasteiger partial charge in [-0.15, -0.1) is 0 Å². The van der Waals surface area contributed by atoms with E-state index in [0.29, 0.717) is 11.3 Å². The zero-order valence-corrected chi connectivity index (χ0v) is 15.2. The number of hydrogen-bond acceptors (Lipinski definition) is 3. The molecule has 5 heteroatoms. The molecule has 0 fully saturated rings. The van der Waals surface area contributed by atoms with Crippen molar-refractivity contribution in [2.75, 3.05) is 5.32 Å². The summed E-state index contributed by atoms with van der Waals surface area (Å²) in [4.78, 5) is 24.8. The van der Waals surface area contributed by atoms with E-state index in [9.17, 15) is 9.59 Å². The Hall–Kier alpha value is -3.08. The van der Waals surface area contributed by atoms with Gasteiger partial charge in [-0.3, -0.25) is 4.79 Å². The maximum atomic E-state index is 12.5. The number of hydrogen-bond donors (Lipinski definition) is 1. The van der Waals surface area contributed by atoms with Crippen LogP contribution in [0.2, 0.25) is 0 Å². The fourth-order valence-electron chi connectivity index (χ4n) is 2.85. The fourth-order valence-corrected chi connectivity index (χ4v) is 2.85. The van der Waals surface area contributed by atoms with E-state index in [-0.39, 0.29) is 5.91 Å². The van der Waals surface area contributed by atoms with E-state index in [1.807, 2.05) is 60.1 Å². The molecule has 0 saturated carbocycles. The zero-order chi connectivity index (χ0) is 18.7. The minimum Gasteiger partial charge on any atom is -0.449 e. The Balaban J connectivity index is 1.68. The normalized spacial score (nSPS) is 12.0. The van der Waals surface area contributed by atoms with Crippen LogP contribution in [0.3, 0.4) is 0 Å². The summed E-state index contributed by atoms with van der Waals surface area (Å²) in [7, 11) is 1.87. The molecule has 1 aromatic heterocycles. The van der Waals surface area contributed by atoms with Gasteiger partial charge in [0.15, 0.2) is 6.10 Å². The van der Waals surface area contributed by atoms with Gasteiger partial charge in [0.05, 0.1) is 5.56 Å². The Bertz CT molecular complexity index is 942. The van der Waals surface area contributed by atoms with Crippen LogP contribution in [0.1, 0.15) is 29.8 Å². The average molecular weight is 350 g/mol. The average Bonchev–Trinajstić information content (AvgIpc) is 2.99. The maximum Gasteiger partial charge on any atom is 0.341 e. The number of aromatic nitrogens is 1. The lowest BCUT2D eigenvalue weighted by molar-refractivity contribution is -0.123. The maximum absolute atomic E-state index is 12.5. The Labute approximate surface area is 152 Å². The fraction of sp³-hybridized carbons (Fsp3) is 0.238. The largest absolute Gasteiger partial charge is 0.449 e. The molecule has 0 radical (unpaired) electrons. The number of carbonyl (C=O) groups excluding carboxylic acids is 2. The Kier molecular flexibility index (Phi) is 5.07. The molecule has 0 aliphatic carbocycles. The highest BCUT2D eigenvalue weighted by atomic mass is 16.5. The highest BCUT2D eigenvalue weighted by molar-refractivity contribution is 6.05. The van der Waals surface area contributed by atoms with Crippen LogP contribution in [-0.2, 0) is 23.0 Å². The van der Waals surface area contributed by atoms with Crippen LogP contribution in [0.4, 0.5) is 5.69 Å². The van der Waals surface area contributed by atoms with Gasteiger partial charge in [-0.05, 0) is 37.1 Å². The lowest BCUT2D eigenvalue weighted by atomic mass is 10.1. The van der Waals surface area contributed by atoms with Crippen molar-refractivity contribution in [3.05, 3.63) is 65.9 Å². The number of rotatable bonds is 5. The van der Waals surface area contributed by atoms with Gasteiger partial charge in [-0.1, -0.05) is 37.3 Å². The second-order valence-electron chi connectivity index (χ2n) is 6.26. The first kappa shape index (κ1) is 17.7. The molecule has 1 heterocycles. The van der Waals surface area contributed by atoms with Gasteiger partial charge in [0.25, 0.3) is 5.91 Å². The summed E-state index contributed by atoms with van der Waals surface area (Å²) in [5, 5.41) is 3.58. The molecule has 3 rings (SSSR count). The Morgan fingerprint density at radius 3 is 2.50 bits per heavy atom. The molecule has 1 amide bonds. The van der Waals surface area contributed by atoms with E-state index in [4.69, 9.17) is 4.74 Å². The standard InChI is InChI=1S/C21H22N2O3/c1-4-15-9-11-16(12-10-15)22-20(24)14(2)26-21(25)18-13-23(3)19-8-6-5-7-17(18)19/h5-14H,4H2,1-3H3,(H,22,24). The summed E-state index contributed by atoms with van der Waals surface area (Å²) < 4.78 is 7.24. The number of aryl methyl sites for hydroxylation is 2. The molecule has 134 valence electrons. The molecule has 0 aliphatic heterocycles. The first-order chi connectivity index (χ1) is 12.5. The molecule has 0 saturated heterocycles. The molecule has 3 aromatic rings. The van der Waals surface area contributed by atoms with Crippen LogP contribution in [0.25, 0.3) is 10.9 Å². The number of para-hydroxylation sites is 1. The summed E-state index contributed by atoms with van der Waals surface area (Å²) in [6.07, 6.45) is 1.77. The number of esters is 1. The van der Waals surface area contributed by atoms with Crippen LogP contribution in [0.5, 0.6) is 0 Å². The van der Waals surface area contributed by atoms with Crippen molar-refractivity contribution in [3.8, 4) is 0 Å². The summed E-state index contributed by atoms with van der Waals surface area (Å²) >= 11 is 0. The predicted molar refractivity (Wildman–Crippen MR) is 102 cm³/mol. The molecule has 0 aliphatic rings. The third-order valence-corrected chi connectivity index (χ3v) is 4.40. The number of fused-ring (bicyclic) bond motifs is 1. The van der Waals surface area contributed by atoms with Gasteiger partial charge in [0.1, 0.15) is 0 Å². The third kappa shape index (κ3) is 3.61. The molecule has 1 atom stereocenters. The first-order valence-electron chi connectivity index (χ1n) is 8.64. The van der Waals surface area contributed by atoms with Gasteiger partial charge >= 0.3 is 5.97 Å². The van der Waals surface area contributed by atoms with E-state index in [0.717, 1.165) is 17.3 Å². The van der Waals surface area contributed by atoms with Crippen LogP contribution >= 0.6 is 0 Å². The highest BCUT2D eigenvalue weighted by Crippen LogP contribution is 2.21. The van der Waals surface area contributed by atoms with Gasteiger partial charge in [-0.25, -0.2) is 4.79 Å².